The zero-order valence-electron chi connectivity index (χ0n) is 10.0. The molecule has 2 rings (SSSR count). The van der Waals surface area contributed by atoms with E-state index in [0.29, 0.717) is 17.1 Å². The highest BCUT2D eigenvalue weighted by molar-refractivity contribution is 7.90. The quantitative estimate of drug-likeness (QED) is 0.832. The molecule has 1 heterocycles. The lowest BCUT2D eigenvalue weighted by Crippen LogP contribution is -1.99. The van der Waals surface area contributed by atoms with E-state index in [0.717, 1.165) is 6.26 Å². The second kappa shape index (κ2) is 4.42. The van der Waals surface area contributed by atoms with Crippen molar-refractivity contribution in [1.29, 1.82) is 0 Å². The first kappa shape index (κ1) is 12.6. The second-order valence-electron chi connectivity index (χ2n) is 4.06. The molecule has 2 aromatic rings. The van der Waals surface area contributed by atoms with Gasteiger partial charge in [-0.2, -0.15) is 0 Å². The number of sulfone groups is 1. The SMILES string of the molecule is Cc1cc(=O)cc(-c2ccc(S(C)(=O)=O)cc2)o1. The highest BCUT2D eigenvalue weighted by atomic mass is 32.2. The van der Waals surface area contributed by atoms with Crippen LogP contribution in [-0.4, -0.2) is 14.7 Å². The number of aryl methyl sites for hydroxylation is 1. The fourth-order valence-electron chi connectivity index (χ4n) is 1.61. The molecule has 1 aromatic heterocycles. The Labute approximate surface area is 105 Å². The van der Waals surface area contributed by atoms with Gasteiger partial charge in [0.25, 0.3) is 0 Å². The van der Waals surface area contributed by atoms with Crippen LogP contribution in [-0.2, 0) is 9.84 Å². The van der Waals surface area contributed by atoms with Crippen LogP contribution in [0.15, 0.2) is 50.5 Å². The molecule has 18 heavy (non-hydrogen) atoms. The highest BCUT2D eigenvalue weighted by Crippen LogP contribution is 2.20. The first-order valence-corrected chi connectivity index (χ1v) is 7.18. The van der Waals surface area contributed by atoms with E-state index in [9.17, 15) is 13.2 Å². The van der Waals surface area contributed by atoms with Gasteiger partial charge in [0.2, 0.25) is 0 Å². The zero-order chi connectivity index (χ0) is 13.3. The summed E-state index contributed by atoms with van der Waals surface area (Å²) >= 11 is 0. The van der Waals surface area contributed by atoms with Crippen LogP contribution >= 0.6 is 0 Å². The minimum absolute atomic E-state index is 0.138. The lowest BCUT2D eigenvalue weighted by molar-refractivity contribution is 0.529. The standard InChI is InChI=1S/C13H12O4S/c1-9-7-11(14)8-13(17-9)10-3-5-12(6-4-10)18(2,15)16/h3-8H,1-2H3. The maximum atomic E-state index is 11.4. The minimum atomic E-state index is -3.21. The van der Waals surface area contributed by atoms with Crippen molar-refractivity contribution in [2.45, 2.75) is 11.8 Å². The molecule has 1 aromatic carbocycles. The summed E-state index contributed by atoms with van der Waals surface area (Å²) in [5, 5.41) is 0. The number of rotatable bonds is 2. The van der Waals surface area contributed by atoms with E-state index in [-0.39, 0.29) is 10.3 Å². The second-order valence-corrected chi connectivity index (χ2v) is 6.08. The third-order valence-electron chi connectivity index (χ3n) is 2.46. The summed E-state index contributed by atoms with van der Waals surface area (Å²) in [6.45, 7) is 1.69. The Bertz CT molecular complexity index is 724. The molecule has 0 atom stereocenters. The number of hydrogen-bond acceptors (Lipinski definition) is 4. The third kappa shape index (κ3) is 2.68. The summed E-state index contributed by atoms with van der Waals surface area (Å²) in [7, 11) is -3.21. The predicted octanol–water partition coefficient (Wildman–Crippen LogP) is 2.02. The van der Waals surface area contributed by atoms with E-state index in [1.165, 1.54) is 24.3 Å². The smallest absolute Gasteiger partial charge is 0.185 e. The first-order chi connectivity index (χ1) is 8.36. The van der Waals surface area contributed by atoms with Crippen molar-refractivity contribution in [3.8, 4) is 11.3 Å². The van der Waals surface area contributed by atoms with E-state index < -0.39 is 9.84 Å². The Kier molecular flexibility index (Phi) is 3.09. The summed E-state index contributed by atoms with van der Waals surface area (Å²) in [4.78, 5) is 11.6. The molecule has 0 unspecified atom stereocenters. The van der Waals surface area contributed by atoms with Crippen LogP contribution in [0.1, 0.15) is 5.76 Å². The molecule has 0 aliphatic heterocycles. The minimum Gasteiger partial charge on any atom is -0.461 e. The van der Waals surface area contributed by atoms with Crippen molar-refractivity contribution in [2.24, 2.45) is 0 Å². The molecule has 0 aliphatic carbocycles. The zero-order valence-corrected chi connectivity index (χ0v) is 10.8. The topological polar surface area (TPSA) is 64.3 Å². The van der Waals surface area contributed by atoms with E-state index in [2.05, 4.69) is 0 Å². The maximum Gasteiger partial charge on any atom is 0.185 e. The van der Waals surface area contributed by atoms with Crippen LogP contribution < -0.4 is 5.43 Å². The van der Waals surface area contributed by atoms with E-state index in [4.69, 9.17) is 4.42 Å². The molecule has 4 nitrogen and oxygen atoms in total. The van der Waals surface area contributed by atoms with Crippen LogP contribution in [0.5, 0.6) is 0 Å². The Hall–Kier alpha value is -1.88. The van der Waals surface area contributed by atoms with Gasteiger partial charge in [0, 0.05) is 24.0 Å². The molecule has 0 saturated heterocycles. The van der Waals surface area contributed by atoms with Crippen molar-refractivity contribution in [2.75, 3.05) is 6.26 Å². The molecular weight excluding hydrogens is 252 g/mol. The average molecular weight is 264 g/mol. The van der Waals surface area contributed by atoms with Crippen molar-refractivity contribution in [1.82, 2.24) is 0 Å². The summed E-state index contributed by atoms with van der Waals surface area (Å²) < 4.78 is 28.1. The lowest BCUT2D eigenvalue weighted by Gasteiger charge is -2.03. The van der Waals surface area contributed by atoms with Gasteiger partial charge in [0.05, 0.1) is 4.90 Å². The Morgan fingerprint density at radius 2 is 1.67 bits per heavy atom. The van der Waals surface area contributed by atoms with Crippen molar-refractivity contribution in [3.05, 3.63) is 52.4 Å². The molecule has 0 bridgehead atoms. The van der Waals surface area contributed by atoms with Crippen molar-refractivity contribution >= 4 is 9.84 Å². The van der Waals surface area contributed by atoms with Gasteiger partial charge in [-0.05, 0) is 31.2 Å². The molecule has 0 aliphatic rings. The molecule has 0 spiro atoms. The summed E-state index contributed by atoms with van der Waals surface area (Å²) in [6, 6.07) is 9.00. The van der Waals surface area contributed by atoms with Crippen LogP contribution in [0.3, 0.4) is 0 Å². The monoisotopic (exact) mass is 264 g/mol. The average Bonchev–Trinajstić information content (AvgIpc) is 2.27. The van der Waals surface area contributed by atoms with Gasteiger partial charge in [0.1, 0.15) is 11.5 Å². The highest BCUT2D eigenvalue weighted by Gasteiger charge is 2.08. The molecule has 0 saturated carbocycles. The number of hydrogen-bond donors (Lipinski definition) is 0. The van der Waals surface area contributed by atoms with E-state index in [1.54, 1.807) is 19.1 Å². The van der Waals surface area contributed by atoms with Gasteiger partial charge in [-0.1, -0.05) is 0 Å². The molecule has 0 fully saturated rings. The molecule has 94 valence electrons. The third-order valence-corrected chi connectivity index (χ3v) is 3.59. The van der Waals surface area contributed by atoms with Gasteiger partial charge < -0.3 is 4.42 Å². The van der Waals surface area contributed by atoms with Gasteiger partial charge in [-0.25, -0.2) is 8.42 Å². The molecule has 0 radical (unpaired) electrons. The van der Waals surface area contributed by atoms with Gasteiger partial charge in [-0.3, -0.25) is 4.79 Å². The molecular formula is C13H12O4S. The summed E-state index contributed by atoms with van der Waals surface area (Å²) in [6.07, 6.45) is 1.15. The first-order valence-electron chi connectivity index (χ1n) is 5.28. The maximum absolute atomic E-state index is 11.4. The lowest BCUT2D eigenvalue weighted by atomic mass is 10.1. The number of benzene rings is 1. The largest absolute Gasteiger partial charge is 0.461 e. The molecule has 5 heteroatoms. The van der Waals surface area contributed by atoms with Crippen LogP contribution in [0.25, 0.3) is 11.3 Å². The van der Waals surface area contributed by atoms with Gasteiger partial charge in [-0.15, -0.1) is 0 Å². The van der Waals surface area contributed by atoms with E-state index in [1.807, 2.05) is 0 Å². The van der Waals surface area contributed by atoms with Crippen LogP contribution in [0.2, 0.25) is 0 Å². The van der Waals surface area contributed by atoms with Crippen molar-refractivity contribution < 1.29 is 12.8 Å². The van der Waals surface area contributed by atoms with Crippen LogP contribution in [0, 0.1) is 6.92 Å². The summed E-state index contributed by atoms with van der Waals surface area (Å²) in [5.74, 6) is 0.949. The van der Waals surface area contributed by atoms with Gasteiger partial charge >= 0.3 is 0 Å². The Morgan fingerprint density at radius 1 is 1.06 bits per heavy atom. The Morgan fingerprint density at radius 3 is 2.17 bits per heavy atom. The molecule has 0 amide bonds. The fourth-order valence-corrected chi connectivity index (χ4v) is 2.24. The van der Waals surface area contributed by atoms with Gasteiger partial charge in [0.15, 0.2) is 15.3 Å². The van der Waals surface area contributed by atoms with Crippen molar-refractivity contribution in [3.63, 3.8) is 0 Å². The normalized spacial score (nSPS) is 11.4. The Balaban J connectivity index is 2.50. The fraction of sp³-hybridized carbons (Fsp3) is 0.154. The predicted molar refractivity (Wildman–Crippen MR) is 68.3 cm³/mol. The molecule has 0 N–H and O–H groups in total. The van der Waals surface area contributed by atoms with Crippen LogP contribution in [0.4, 0.5) is 0 Å². The summed E-state index contributed by atoms with van der Waals surface area (Å²) in [5.41, 5.74) is 0.532. The van der Waals surface area contributed by atoms with E-state index >= 15 is 0 Å².